The smallest absolute Gasteiger partial charge is 0.371 e. The summed E-state index contributed by atoms with van der Waals surface area (Å²) in [6, 6.07) is 9.91. The summed E-state index contributed by atoms with van der Waals surface area (Å²) in [4.78, 5) is 25.3. The Morgan fingerprint density at radius 2 is 1.89 bits per heavy atom. The maximum absolute atomic E-state index is 12.6. The molecule has 1 aliphatic rings. The zero-order valence-electron chi connectivity index (χ0n) is 16.2. The van der Waals surface area contributed by atoms with Crippen molar-refractivity contribution in [1.82, 2.24) is 0 Å². The number of hydrogen-bond acceptors (Lipinski definition) is 5. The van der Waals surface area contributed by atoms with Gasteiger partial charge < -0.3 is 24.3 Å². The van der Waals surface area contributed by atoms with E-state index in [0.717, 1.165) is 5.56 Å². The van der Waals surface area contributed by atoms with Crippen LogP contribution in [0.25, 0.3) is 0 Å². The number of aromatic carboxylic acids is 1. The molecule has 1 aliphatic heterocycles. The van der Waals surface area contributed by atoms with Gasteiger partial charge in [-0.3, -0.25) is 4.79 Å². The molecule has 0 radical (unpaired) electrons. The standard InChI is InChI=1S/C21H25NO6/c1-12(2)19(24)13-4-6-14(7-5-13)22-15(8-11-18(22)23)20(27-3)16-9-10-17(28-16)21(25)26/h4-7,9-10,12,15,19-20,24H,8,11H2,1-3H3,(H,25,26)/t15?,19?,20-/m0/s1. The number of carbonyl (C=O) groups is 2. The molecule has 0 bridgehead atoms. The Morgan fingerprint density at radius 3 is 2.43 bits per heavy atom. The van der Waals surface area contributed by atoms with Crippen LogP contribution in [-0.2, 0) is 9.53 Å². The van der Waals surface area contributed by atoms with E-state index in [1.165, 1.54) is 13.2 Å². The number of methoxy groups -OCH3 is 1. The van der Waals surface area contributed by atoms with Gasteiger partial charge in [-0.25, -0.2) is 4.79 Å². The molecule has 2 heterocycles. The number of carbonyl (C=O) groups excluding carboxylic acids is 1. The topological polar surface area (TPSA) is 100 Å². The van der Waals surface area contributed by atoms with Gasteiger partial charge in [0.05, 0.1) is 12.1 Å². The van der Waals surface area contributed by atoms with Gasteiger partial charge in [0.25, 0.3) is 0 Å². The number of carboxylic acids is 1. The predicted molar refractivity (Wildman–Crippen MR) is 102 cm³/mol. The number of anilines is 1. The third-order valence-corrected chi connectivity index (χ3v) is 5.12. The highest BCUT2D eigenvalue weighted by molar-refractivity contribution is 5.96. The van der Waals surface area contributed by atoms with Crippen LogP contribution in [0.4, 0.5) is 5.69 Å². The average molecular weight is 387 g/mol. The monoisotopic (exact) mass is 387 g/mol. The van der Waals surface area contributed by atoms with E-state index in [-0.39, 0.29) is 23.6 Å². The van der Waals surface area contributed by atoms with Crippen LogP contribution < -0.4 is 4.90 Å². The Labute approximate surface area is 163 Å². The number of aliphatic hydroxyl groups is 1. The number of hydrogen-bond donors (Lipinski definition) is 2. The summed E-state index contributed by atoms with van der Waals surface area (Å²) in [6.45, 7) is 3.88. The molecule has 0 saturated carbocycles. The van der Waals surface area contributed by atoms with Gasteiger partial charge in [0.1, 0.15) is 11.9 Å². The molecule has 0 aliphatic carbocycles. The van der Waals surface area contributed by atoms with Gasteiger partial charge in [-0.15, -0.1) is 0 Å². The van der Waals surface area contributed by atoms with Gasteiger partial charge in [0, 0.05) is 19.2 Å². The lowest BCUT2D eigenvalue weighted by Crippen LogP contribution is -2.37. The number of carboxylic acid groups (broad SMARTS) is 1. The summed E-state index contributed by atoms with van der Waals surface area (Å²) in [7, 11) is 1.51. The van der Waals surface area contributed by atoms with Crippen molar-refractivity contribution in [2.45, 2.75) is 44.9 Å². The number of rotatable bonds is 7. The number of amides is 1. The van der Waals surface area contributed by atoms with Crippen molar-refractivity contribution < 1.29 is 29.0 Å². The second-order valence-electron chi connectivity index (χ2n) is 7.31. The first kappa shape index (κ1) is 20.1. The van der Waals surface area contributed by atoms with Crippen LogP contribution in [-0.4, -0.2) is 35.2 Å². The molecule has 1 amide bonds. The van der Waals surface area contributed by atoms with Crippen molar-refractivity contribution in [3.8, 4) is 0 Å². The zero-order chi connectivity index (χ0) is 20.4. The molecular formula is C21H25NO6. The molecule has 7 nitrogen and oxygen atoms in total. The molecule has 2 N–H and O–H groups in total. The molecule has 3 rings (SSSR count). The summed E-state index contributed by atoms with van der Waals surface area (Å²) in [6.07, 6.45) is -0.214. The van der Waals surface area contributed by atoms with Crippen LogP contribution in [0.5, 0.6) is 0 Å². The Kier molecular flexibility index (Phi) is 5.86. The maximum atomic E-state index is 12.6. The Balaban J connectivity index is 1.88. The summed E-state index contributed by atoms with van der Waals surface area (Å²) in [5.74, 6) is -0.891. The summed E-state index contributed by atoms with van der Waals surface area (Å²) in [5.41, 5.74) is 1.50. The van der Waals surface area contributed by atoms with E-state index in [1.807, 2.05) is 38.1 Å². The van der Waals surface area contributed by atoms with Crippen LogP contribution in [0.15, 0.2) is 40.8 Å². The van der Waals surface area contributed by atoms with Crippen molar-refractivity contribution in [1.29, 1.82) is 0 Å². The highest BCUT2D eigenvalue weighted by Gasteiger charge is 2.40. The van der Waals surface area contributed by atoms with Crippen molar-refractivity contribution in [2.75, 3.05) is 12.0 Å². The fraction of sp³-hybridized carbons (Fsp3) is 0.429. The molecule has 150 valence electrons. The van der Waals surface area contributed by atoms with Crippen molar-refractivity contribution >= 4 is 17.6 Å². The molecule has 2 aromatic rings. The minimum atomic E-state index is -1.15. The molecule has 1 aromatic carbocycles. The van der Waals surface area contributed by atoms with Crippen LogP contribution in [0.1, 0.15) is 60.8 Å². The van der Waals surface area contributed by atoms with E-state index in [4.69, 9.17) is 14.3 Å². The SMILES string of the molecule is CO[C@H](c1ccc(C(=O)O)o1)C1CCC(=O)N1c1ccc(C(O)C(C)C)cc1. The van der Waals surface area contributed by atoms with Gasteiger partial charge in [-0.2, -0.15) is 0 Å². The lowest BCUT2D eigenvalue weighted by Gasteiger charge is -2.30. The Morgan fingerprint density at radius 1 is 1.21 bits per heavy atom. The lowest BCUT2D eigenvalue weighted by molar-refractivity contribution is -0.117. The van der Waals surface area contributed by atoms with Crippen LogP contribution in [0.2, 0.25) is 0 Å². The molecule has 28 heavy (non-hydrogen) atoms. The van der Waals surface area contributed by atoms with Crippen molar-refractivity contribution in [2.24, 2.45) is 5.92 Å². The van der Waals surface area contributed by atoms with Crippen LogP contribution in [0.3, 0.4) is 0 Å². The van der Waals surface area contributed by atoms with Crippen LogP contribution in [0, 0.1) is 5.92 Å². The van der Waals surface area contributed by atoms with Gasteiger partial charge >= 0.3 is 5.97 Å². The highest BCUT2D eigenvalue weighted by Crippen LogP contribution is 2.37. The second kappa shape index (κ2) is 8.16. The summed E-state index contributed by atoms with van der Waals surface area (Å²) in [5, 5.41) is 19.3. The Hall–Kier alpha value is -2.64. The zero-order valence-corrected chi connectivity index (χ0v) is 16.2. The number of nitrogens with zero attached hydrogens (tertiary/aromatic N) is 1. The van der Waals surface area contributed by atoms with Gasteiger partial charge in [0.2, 0.25) is 11.7 Å². The molecular weight excluding hydrogens is 362 g/mol. The molecule has 2 unspecified atom stereocenters. The fourth-order valence-corrected chi connectivity index (χ4v) is 3.63. The molecule has 7 heteroatoms. The van der Waals surface area contributed by atoms with Crippen LogP contribution >= 0.6 is 0 Å². The predicted octanol–water partition coefficient (Wildman–Crippen LogP) is 3.55. The second-order valence-corrected chi connectivity index (χ2v) is 7.31. The quantitative estimate of drug-likeness (QED) is 0.754. The first-order valence-electron chi connectivity index (χ1n) is 9.29. The fourth-order valence-electron chi connectivity index (χ4n) is 3.63. The lowest BCUT2D eigenvalue weighted by atomic mass is 9.98. The number of aliphatic hydroxyl groups excluding tert-OH is 1. The van der Waals surface area contributed by atoms with E-state index in [2.05, 4.69) is 0 Å². The average Bonchev–Trinajstić information content (AvgIpc) is 3.30. The largest absolute Gasteiger partial charge is 0.475 e. The minimum absolute atomic E-state index is 0.0331. The first-order valence-corrected chi connectivity index (χ1v) is 9.29. The highest BCUT2D eigenvalue weighted by atomic mass is 16.5. The summed E-state index contributed by atoms with van der Waals surface area (Å²) < 4.78 is 11.0. The molecule has 1 saturated heterocycles. The van der Waals surface area contributed by atoms with Gasteiger partial charge in [-0.05, 0) is 42.2 Å². The molecule has 1 fully saturated rings. The number of benzene rings is 1. The first-order chi connectivity index (χ1) is 13.3. The molecule has 3 atom stereocenters. The van der Waals surface area contributed by atoms with Crippen molar-refractivity contribution in [3.05, 3.63) is 53.5 Å². The Bertz CT molecular complexity index is 841. The van der Waals surface area contributed by atoms with Gasteiger partial charge in [-0.1, -0.05) is 26.0 Å². The number of furan rings is 1. The van der Waals surface area contributed by atoms with Crippen molar-refractivity contribution in [3.63, 3.8) is 0 Å². The van der Waals surface area contributed by atoms with E-state index >= 15 is 0 Å². The van der Waals surface area contributed by atoms with Gasteiger partial charge in [0.15, 0.2) is 0 Å². The maximum Gasteiger partial charge on any atom is 0.371 e. The minimum Gasteiger partial charge on any atom is -0.475 e. The third kappa shape index (κ3) is 3.81. The summed E-state index contributed by atoms with van der Waals surface area (Å²) >= 11 is 0. The normalized spacial score (nSPS) is 19.2. The third-order valence-electron chi connectivity index (χ3n) is 5.12. The molecule has 0 spiro atoms. The van der Waals surface area contributed by atoms with E-state index in [9.17, 15) is 14.7 Å². The van der Waals surface area contributed by atoms with E-state index < -0.39 is 18.2 Å². The van der Waals surface area contributed by atoms with E-state index in [1.54, 1.807) is 11.0 Å². The van der Waals surface area contributed by atoms with E-state index in [0.29, 0.717) is 24.3 Å². The number of ether oxygens (including phenoxy) is 1. The molecule has 1 aromatic heterocycles.